The van der Waals surface area contributed by atoms with Gasteiger partial charge in [-0.15, -0.1) is 0 Å². The van der Waals surface area contributed by atoms with E-state index in [9.17, 15) is 18.8 Å². The number of rotatable bonds is 7. The van der Waals surface area contributed by atoms with Crippen molar-refractivity contribution in [2.24, 2.45) is 5.92 Å². The average Bonchev–Trinajstić information content (AvgIpc) is 3.19. The summed E-state index contributed by atoms with van der Waals surface area (Å²) in [5, 5.41) is 0. The number of fused-ring (bicyclic) bond motifs is 1. The summed E-state index contributed by atoms with van der Waals surface area (Å²) in [6.07, 6.45) is 5.78. The van der Waals surface area contributed by atoms with Gasteiger partial charge in [0.05, 0.1) is 0 Å². The minimum atomic E-state index is -0.324. The Kier molecular flexibility index (Phi) is 6.84. The normalized spacial score (nSPS) is 18.0. The maximum atomic E-state index is 13.1. The molecule has 1 aromatic carbocycles. The molecule has 2 aromatic rings. The van der Waals surface area contributed by atoms with Crippen LogP contribution in [0.4, 0.5) is 4.39 Å². The molecule has 0 atom stereocenters. The molecule has 0 bridgehead atoms. The van der Waals surface area contributed by atoms with Gasteiger partial charge in [0.25, 0.3) is 5.91 Å². The number of hydrogen-bond acceptors (Lipinski definition) is 4. The Labute approximate surface area is 188 Å². The lowest BCUT2D eigenvalue weighted by molar-refractivity contribution is 0.0785. The molecule has 0 aliphatic carbocycles. The van der Waals surface area contributed by atoms with Gasteiger partial charge in [0.1, 0.15) is 11.5 Å². The van der Waals surface area contributed by atoms with Crippen molar-refractivity contribution in [3.05, 3.63) is 59.2 Å². The fourth-order valence-electron chi connectivity index (χ4n) is 4.69. The lowest BCUT2D eigenvalue weighted by Crippen LogP contribution is -2.37. The Morgan fingerprint density at radius 2 is 1.69 bits per heavy atom. The smallest absolute Gasteiger partial charge is 0.270 e. The van der Waals surface area contributed by atoms with Crippen LogP contribution in [0.2, 0.25) is 0 Å². The molecule has 1 saturated heterocycles. The molecular formula is C25H30FN3O3. The number of hydrogen-bond donors (Lipinski definition) is 0. The third kappa shape index (κ3) is 4.83. The highest BCUT2D eigenvalue weighted by Crippen LogP contribution is 2.23. The molecule has 1 amide bonds. The van der Waals surface area contributed by atoms with Gasteiger partial charge in [0.2, 0.25) is 0 Å². The minimum Gasteiger partial charge on any atom is -0.343 e. The van der Waals surface area contributed by atoms with Crippen molar-refractivity contribution in [1.29, 1.82) is 0 Å². The van der Waals surface area contributed by atoms with Crippen LogP contribution in [0.5, 0.6) is 0 Å². The van der Waals surface area contributed by atoms with Gasteiger partial charge in [-0.05, 0) is 75.6 Å². The van der Waals surface area contributed by atoms with Crippen LogP contribution >= 0.6 is 0 Å². The largest absolute Gasteiger partial charge is 0.343 e. The Hall–Kier alpha value is -2.80. The van der Waals surface area contributed by atoms with Crippen LogP contribution in [0, 0.1) is 11.7 Å². The standard InChI is InChI=1S/C25H30FN3O3/c1-27-14-11-22(30)21-10-17-29(23(21)25(27)32)13-3-2-12-28-15-8-19(9-16-28)24(31)18-4-6-20(26)7-5-18/h4-7,10,17,19H,2-3,8-9,11-16H2,1H3. The van der Waals surface area contributed by atoms with Crippen LogP contribution in [0.15, 0.2) is 36.5 Å². The fraction of sp³-hybridized carbons (Fsp3) is 0.480. The predicted molar refractivity (Wildman–Crippen MR) is 119 cm³/mol. The maximum absolute atomic E-state index is 13.1. The van der Waals surface area contributed by atoms with Gasteiger partial charge in [-0.3, -0.25) is 14.4 Å². The molecule has 2 aliphatic heterocycles. The van der Waals surface area contributed by atoms with Crippen molar-refractivity contribution in [3.8, 4) is 0 Å². The molecule has 6 nitrogen and oxygen atoms in total. The van der Waals surface area contributed by atoms with Gasteiger partial charge in [-0.2, -0.15) is 0 Å². The monoisotopic (exact) mass is 439 g/mol. The maximum Gasteiger partial charge on any atom is 0.270 e. The Balaban J connectivity index is 1.23. The number of carbonyl (C=O) groups is 3. The number of benzene rings is 1. The molecule has 170 valence electrons. The molecule has 0 radical (unpaired) electrons. The van der Waals surface area contributed by atoms with Crippen molar-refractivity contribution in [2.75, 3.05) is 33.2 Å². The van der Waals surface area contributed by atoms with Gasteiger partial charge in [0.15, 0.2) is 11.6 Å². The van der Waals surface area contributed by atoms with Gasteiger partial charge in [-0.1, -0.05) is 0 Å². The second-order valence-electron chi connectivity index (χ2n) is 8.87. The second kappa shape index (κ2) is 9.77. The number of ketones is 2. The summed E-state index contributed by atoms with van der Waals surface area (Å²) in [5.41, 5.74) is 1.66. The van der Waals surface area contributed by atoms with Crippen molar-refractivity contribution in [1.82, 2.24) is 14.4 Å². The lowest BCUT2D eigenvalue weighted by atomic mass is 9.89. The van der Waals surface area contributed by atoms with E-state index in [4.69, 9.17) is 0 Å². The number of piperidine rings is 1. The van der Waals surface area contributed by atoms with E-state index in [1.54, 1.807) is 30.1 Å². The third-order valence-corrected chi connectivity index (χ3v) is 6.70. The first-order valence-corrected chi connectivity index (χ1v) is 11.4. The summed E-state index contributed by atoms with van der Waals surface area (Å²) in [5.74, 6) is -0.247. The summed E-state index contributed by atoms with van der Waals surface area (Å²) in [4.78, 5) is 41.6. The zero-order chi connectivity index (χ0) is 22.7. The number of aromatic nitrogens is 1. The molecule has 0 unspecified atom stereocenters. The molecule has 0 spiro atoms. The van der Waals surface area contributed by atoms with Crippen LogP contribution in [0.25, 0.3) is 0 Å². The van der Waals surface area contributed by atoms with E-state index in [-0.39, 0.29) is 29.2 Å². The molecular weight excluding hydrogens is 409 g/mol. The molecule has 0 saturated carbocycles. The van der Waals surface area contributed by atoms with Gasteiger partial charge in [-0.25, -0.2) is 4.39 Å². The van der Waals surface area contributed by atoms with Crippen LogP contribution in [-0.2, 0) is 6.54 Å². The number of amides is 1. The molecule has 7 heteroatoms. The molecule has 3 heterocycles. The predicted octanol–water partition coefficient (Wildman–Crippen LogP) is 3.66. The van der Waals surface area contributed by atoms with Crippen molar-refractivity contribution in [3.63, 3.8) is 0 Å². The molecule has 4 rings (SSSR count). The van der Waals surface area contributed by atoms with E-state index in [1.807, 2.05) is 10.8 Å². The van der Waals surface area contributed by atoms with E-state index >= 15 is 0 Å². The van der Waals surface area contributed by atoms with Crippen LogP contribution < -0.4 is 0 Å². The topological polar surface area (TPSA) is 62.6 Å². The number of aryl methyl sites for hydroxylation is 1. The third-order valence-electron chi connectivity index (χ3n) is 6.70. The Bertz CT molecular complexity index is 990. The summed E-state index contributed by atoms with van der Waals surface area (Å²) >= 11 is 0. The van der Waals surface area contributed by atoms with Gasteiger partial charge < -0.3 is 14.4 Å². The summed E-state index contributed by atoms with van der Waals surface area (Å²) in [7, 11) is 1.74. The molecule has 32 heavy (non-hydrogen) atoms. The Morgan fingerprint density at radius 1 is 1.00 bits per heavy atom. The van der Waals surface area contributed by atoms with Crippen molar-refractivity contribution in [2.45, 2.75) is 38.6 Å². The first-order valence-electron chi connectivity index (χ1n) is 11.4. The average molecular weight is 440 g/mol. The first-order chi connectivity index (χ1) is 15.4. The fourth-order valence-corrected chi connectivity index (χ4v) is 4.69. The zero-order valence-electron chi connectivity index (χ0n) is 18.6. The SMILES string of the molecule is CN1CCC(=O)c2ccn(CCCCN3CCC(C(=O)c4ccc(F)cc4)CC3)c2C1=O. The van der Waals surface area contributed by atoms with E-state index < -0.39 is 0 Å². The minimum absolute atomic E-state index is 0.00702. The Morgan fingerprint density at radius 3 is 2.41 bits per heavy atom. The van der Waals surface area contributed by atoms with Crippen LogP contribution in [0.1, 0.15) is 63.3 Å². The number of unbranched alkanes of at least 4 members (excludes halogenated alkanes) is 1. The molecule has 2 aliphatic rings. The number of nitrogens with zero attached hydrogens (tertiary/aromatic N) is 3. The van der Waals surface area contributed by atoms with E-state index in [0.29, 0.717) is 36.3 Å². The highest BCUT2D eigenvalue weighted by Gasteiger charge is 2.28. The summed E-state index contributed by atoms with van der Waals surface area (Å²) in [6, 6.07) is 7.60. The highest BCUT2D eigenvalue weighted by molar-refractivity contribution is 6.08. The van der Waals surface area contributed by atoms with E-state index in [0.717, 1.165) is 45.3 Å². The summed E-state index contributed by atoms with van der Waals surface area (Å²) < 4.78 is 15.0. The van der Waals surface area contributed by atoms with Crippen LogP contribution in [-0.4, -0.2) is 65.1 Å². The second-order valence-corrected chi connectivity index (χ2v) is 8.87. The number of likely N-dealkylation sites (tertiary alicyclic amines) is 1. The van der Waals surface area contributed by atoms with Crippen molar-refractivity contribution >= 4 is 17.5 Å². The highest BCUT2D eigenvalue weighted by atomic mass is 19.1. The van der Waals surface area contributed by atoms with Crippen LogP contribution in [0.3, 0.4) is 0 Å². The molecule has 1 fully saturated rings. The van der Waals surface area contributed by atoms with E-state index in [1.165, 1.54) is 12.1 Å². The van der Waals surface area contributed by atoms with Crippen molar-refractivity contribution < 1.29 is 18.8 Å². The van der Waals surface area contributed by atoms with Gasteiger partial charge >= 0.3 is 0 Å². The number of carbonyl (C=O) groups excluding carboxylic acids is 3. The van der Waals surface area contributed by atoms with Gasteiger partial charge in [0, 0.05) is 49.8 Å². The number of halogens is 1. The molecule has 1 aromatic heterocycles. The zero-order valence-corrected chi connectivity index (χ0v) is 18.6. The first kappa shape index (κ1) is 22.4. The summed E-state index contributed by atoms with van der Waals surface area (Å²) in [6.45, 7) is 3.89. The van der Waals surface area contributed by atoms with E-state index in [2.05, 4.69) is 4.90 Å². The quantitative estimate of drug-likeness (QED) is 0.488. The molecule has 0 N–H and O–H groups in total. The number of Topliss-reactive ketones (excluding diaryl/α,β-unsaturated/α-hetero) is 2. The lowest BCUT2D eigenvalue weighted by Gasteiger charge is -2.31.